The van der Waals surface area contributed by atoms with Crippen LogP contribution >= 0.6 is 0 Å². The Balaban J connectivity index is 0.00000476. The van der Waals surface area contributed by atoms with Crippen LogP contribution in [0.15, 0.2) is 170 Å². The first-order chi connectivity index (χ1) is 29.4. The van der Waals surface area contributed by atoms with Gasteiger partial charge in [0.05, 0.1) is 0 Å². The molecule has 0 saturated carbocycles. The van der Waals surface area contributed by atoms with Crippen molar-refractivity contribution in [3.8, 4) is 33.8 Å². The van der Waals surface area contributed by atoms with Crippen LogP contribution in [0.25, 0.3) is 49.4 Å². The van der Waals surface area contributed by atoms with E-state index in [1.165, 1.54) is 22.1 Å². The molecule has 300 valence electrons. The molecule has 1 aliphatic rings. The Hall–Kier alpha value is -6.55. The third-order valence-electron chi connectivity index (χ3n) is 11.4. The minimum Gasteiger partial charge on any atom is -0.667 e. The molecular weight excluding hydrogens is 928 g/mol. The fraction of sp³-hybridized carbons (Fsp3) is 0.109. The standard InChI is InChI=1S/C55H44N4O.Pt/c1-37(2)49-32-38(3)31-39(4)54(49)56-35-57-50-26-12-11-23-47(50)48-30-29-44(34-53(48)57)60-43-22-15-21-42(33-43)58-36-59(52-28-14-13-27-51(52)58)55-45(40-17-7-5-8-18-40)24-16-25-46(55)41-19-9-6-10-20-41;/h5-32,36-37H,35H2,1-4H3;/q-4;+4. The predicted octanol–water partition coefficient (Wildman–Crippen LogP) is 15.3. The zero-order valence-corrected chi connectivity index (χ0v) is 36.8. The minimum atomic E-state index is 0. The number of ether oxygens (including phenoxy) is 1. The van der Waals surface area contributed by atoms with Gasteiger partial charge in [-0.25, -0.2) is 0 Å². The molecule has 0 aliphatic carbocycles. The van der Waals surface area contributed by atoms with E-state index in [-0.39, 0.29) is 21.1 Å². The molecule has 5 nitrogen and oxygen atoms in total. The minimum absolute atomic E-state index is 0. The van der Waals surface area contributed by atoms with Gasteiger partial charge in [0.2, 0.25) is 0 Å². The molecule has 6 heteroatoms. The molecule has 1 aliphatic heterocycles. The molecule has 0 amide bonds. The van der Waals surface area contributed by atoms with Gasteiger partial charge in [-0.3, -0.25) is 0 Å². The number of aromatic nitrogens is 1. The van der Waals surface area contributed by atoms with Gasteiger partial charge in [-0.15, -0.1) is 53.8 Å². The molecule has 0 radical (unpaired) electrons. The summed E-state index contributed by atoms with van der Waals surface area (Å²) in [6, 6.07) is 66.8. The Kier molecular flexibility index (Phi) is 11.0. The van der Waals surface area contributed by atoms with Gasteiger partial charge in [0.1, 0.15) is 0 Å². The first kappa shape index (κ1) is 39.9. The van der Waals surface area contributed by atoms with Crippen LogP contribution in [0.5, 0.6) is 11.5 Å². The summed E-state index contributed by atoms with van der Waals surface area (Å²) >= 11 is 0. The zero-order valence-electron chi connectivity index (χ0n) is 34.5. The van der Waals surface area contributed by atoms with Crippen molar-refractivity contribution in [3.05, 3.63) is 211 Å². The first-order valence-electron chi connectivity index (χ1n) is 20.6. The molecule has 0 atom stereocenters. The predicted molar refractivity (Wildman–Crippen MR) is 249 cm³/mol. The number of hydrogen-bond donors (Lipinski definition) is 0. The summed E-state index contributed by atoms with van der Waals surface area (Å²) in [4.78, 5) is 4.51. The Bertz CT molecular complexity index is 2950. The summed E-state index contributed by atoms with van der Waals surface area (Å²) < 4.78 is 8.88. The van der Waals surface area contributed by atoms with Crippen LogP contribution < -0.4 is 14.5 Å². The van der Waals surface area contributed by atoms with E-state index in [1.54, 1.807) is 0 Å². The van der Waals surface area contributed by atoms with Crippen LogP contribution in [0.2, 0.25) is 0 Å². The summed E-state index contributed by atoms with van der Waals surface area (Å²) in [7, 11) is 0. The van der Waals surface area contributed by atoms with Crippen molar-refractivity contribution >= 4 is 50.2 Å². The number of nitrogens with zero attached hydrogens (tertiary/aromatic N) is 4. The zero-order chi connectivity index (χ0) is 40.7. The van der Waals surface area contributed by atoms with Crippen LogP contribution in [0.1, 0.15) is 36.5 Å². The molecule has 0 N–H and O–H groups in total. The van der Waals surface area contributed by atoms with Gasteiger partial charge >= 0.3 is 21.1 Å². The van der Waals surface area contributed by atoms with E-state index in [2.05, 4.69) is 213 Å². The van der Waals surface area contributed by atoms with E-state index in [0.717, 1.165) is 67.1 Å². The monoisotopic (exact) mass is 971 g/mol. The van der Waals surface area contributed by atoms with Gasteiger partial charge < -0.3 is 24.4 Å². The summed E-state index contributed by atoms with van der Waals surface area (Å²) in [5.41, 5.74) is 15.6. The number of aryl methyl sites for hydroxylation is 2. The molecule has 9 aromatic rings. The van der Waals surface area contributed by atoms with Gasteiger partial charge in [-0.05, 0) is 54.5 Å². The van der Waals surface area contributed by atoms with Gasteiger partial charge in [-0.2, -0.15) is 12.1 Å². The second-order valence-electron chi connectivity index (χ2n) is 15.8. The van der Waals surface area contributed by atoms with Gasteiger partial charge in [-0.1, -0.05) is 164 Å². The molecule has 8 aromatic carbocycles. The van der Waals surface area contributed by atoms with Crippen LogP contribution in [-0.2, 0) is 27.7 Å². The average Bonchev–Trinajstić information content (AvgIpc) is 3.82. The number of para-hydroxylation sites is 4. The summed E-state index contributed by atoms with van der Waals surface area (Å²) in [5, 5.41) is 7.54. The maximum atomic E-state index is 6.63. The van der Waals surface area contributed by atoms with Crippen LogP contribution in [-0.4, -0.2) is 4.57 Å². The van der Waals surface area contributed by atoms with Crippen molar-refractivity contribution < 1.29 is 25.8 Å². The fourth-order valence-electron chi connectivity index (χ4n) is 8.69. The molecule has 0 fully saturated rings. The Morgan fingerprint density at radius 3 is 1.93 bits per heavy atom. The maximum absolute atomic E-state index is 6.63. The molecular formula is C55H44N4OPt. The third kappa shape index (κ3) is 7.49. The molecule has 61 heavy (non-hydrogen) atoms. The number of hydrogen-bond acceptors (Lipinski definition) is 3. The Labute approximate surface area is 373 Å². The molecule has 0 bridgehead atoms. The fourth-order valence-corrected chi connectivity index (χ4v) is 8.69. The second-order valence-corrected chi connectivity index (χ2v) is 15.8. The van der Waals surface area contributed by atoms with Gasteiger partial charge in [0, 0.05) is 45.2 Å². The molecule has 0 saturated heterocycles. The smallest absolute Gasteiger partial charge is 0.667 e. The van der Waals surface area contributed by atoms with E-state index in [4.69, 9.17) is 10.1 Å². The average molecular weight is 972 g/mol. The quantitative estimate of drug-likeness (QED) is 0.128. The number of fused-ring (bicyclic) bond motifs is 4. The summed E-state index contributed by atoms with van der Waals surface area (Å²) in [6.45, 7) is 11.4. The van der Waals surface area contributed by atoms with Crippen molar-refractivity contribution in [1.29, 1.82) is 0 Å². The normalized spacial score (nSPS) is 12.2. The maximum Gasteiger partial charge on any atom is 4.00 e. The van der Waals surface area contributed by atoms with Gasteiger partial charge in [0.15, 0.2) is 0 Å². The van der Waals surface area contributed by atoms with E-state index in [9.17, 15) is 0 Å². The summed E-state index contributed by atoms with van der Waals surface area (Å²) in [6.07, 6.45) is 0. The van der Waals surface area contributed by atoms with Crippen molar-refractivity contribution in [2.75, 3.05) is 9.80 Å². The Morgan fingerprint density at radius 2 is 1.23 bits per heavy atom. The van der Waals surface area contributed by atoms with E-state index >= 15 is 0 Å². The van der Waals surface area contributed by atoms with Crippen LogP contribution in [0.3, 0.4) is 0 Å². The number of rotatable bonds is 10. The summed E-state index contributed by atoms with van der Waals surface area (Å²) in [5.74, 6) is 1.59. The first-order valence-corrected chi connectivity index (χ1v) is 20.6. The largest absolute Gasteiger partial charge is 4.00 e. The third-order valence-corrected chi connectivity index (χ3v) is 11.4. The number of benzene rings is 8. The van der Waals surface area contributed by atoms with E-state index < -0.39 is 0 Å². The molecule has 2 heterocycles. The van der Waals surface area contributed by atoms with E-state index in [1.807, 2.05) is 18.2 Å². The van der Waals surface area contributed by atoms with Crippen LogP contribution in [0.4, 0.5) is 28.4 Å². The van der Waals surface area contributed by atoms with Crippen molar-refractivity contribution in [2.24, 2.45) is 0 Å². The SMILES string of the molecule is Cc1cc(C)c([N-]Cn2c3[c-]c(Oc4[c-]c(N5[CH-]N(c6c(-c7ccccc7)cccc6-c6ccccc6)c6ccccc65)ccc4)ccc3c3ccccc32)c(C(C)C)c1.[Pt+4]. The van der Waals surface area contributed by atoms with Gasteiger partial charge in [0.25, 0.3) is 0 Å². The van der Waals surface area contributed by atoms with Crippen molar-refractivity contribution in [1.82, 2.24) is 4.57 Å². The molecule has 10 rings (SSSR count). The van der Waals surface area contributed by atoms with E-state index in [0.29, 0.717) is 24.1 Å². The van der Waals surface area contributed by atoms with Crippen molar-refractivity contribution in [2.45, 2.75) is 40.3 Å². The molecule has 1 aromatic heterocycles. The topological polar surface area (TPSA) is 34.7 Å². The molecule has 0 spiro atoms. The second kappa shape index (κ2) is 16.8. The van der Waals surface area contributed by atoms with Crippen LogP contribution in [0, 0.1) is 32.6 Å². The molecule has 0 unspecified atom stereocenters. The van der Waals surface area contributed by atoms with Crippen molar-refractivity contribution in [3.63, 3.8) is 0 Å². The Morgan fingerprint density at radius 1 is 0.607 bits per heavy atom. The number of anilines is 4.